The largest absolute Gasteiger partial charge is 0.375 e. The van der Waals surface area contributed by atoms with Crippen LogP contribution < -0.4 is 5.32 Å². The first kappa shape index (κ1) is 18.4. The molecule has 0 saturated carbocycles. The summed E-state index contributed by atoms with van der Waals surface area (Å²) < 4.78 is 5.91. The second-order valence-electron chi connectivity index (χ2n) is 6.65. The van der Waals surface area contributed by atoms with Gasteiger partial charge in [0, 0.05) is 52.2 Å². The van der Waals surface area contributed by atoms with Crippen LogP contribution in [-0.4, -0.2) is 65.2 Å². The average molecular weight is 357 g/mol. The van der Waals surface area contributed by atoms with Gasteiger partial charge in [-0.1, -0.05) is 30.3 Å². The minimum Gasteiger partial charge on any atom is -0.375 e. The quantitative estimate of drug-likeness (QED) is 0.827. The van der Waals surface area contributed by atoms with Crippen LogP contribution in [-0.2, 0) is 17.8 Å². The number of aromatic nitrogens is 2. The summed E-state index contributed by atoms with van der Waals surface area (Å²) >= 11 is 0. The van der Waals surface area contributed by atoms with Gasteiger partial charge in [-0.2, -0.15) is 0 Å². The van der Waals surface area contributed by atoms with E-state index in [4.69, 9.17) is 4.74 Å². The highest BCUT2D eigenvalue weighted by atomic mass is 16.5. The number of amides is 2. The minimum absolute atomic E-state index is 0.00201. The van der Waals surface area contributed by atoms with Crippen molar-refractivity contribution >= 4 is 6.03 Å². The van der Waals surface area contributed by atoms with E-state index in [1.54, 1.807) is 24.3 Å². The maximum absolute atomic E-state index is 12.3. The van der Waals surface area contributed by atoms with Crippen molar-refractivity contribution in [3.63, 3.8) is 0 Å². The lowest BCUT2D eigenvalue weighted by Crippen LogP contribution is -2.44. The zero-order valence-electron chi connectivity index (χ0n) is 15.2. The van der Waals surface area contributed by atoms with Crippen molar-refractivity contribution in [3.8, 4) is 0 Å². The molecule has 0 radical (unpaired) electrons. The maximum Gasteiger partial charge on any atom is 0.317 e. The molecule has 1 fully saturated rings. The highest BCUT2D eigenvalue weighted by Crippen LogP contribution is 2.10. The summed E-state index contributed by atoms with van der Waals surface area (Å²) in [5.74, 6) is 0.766. The number of carbonyl (C=O) groups is 1. The number of H-pyrrole nitrogens is 1. The van der Waals surface area contributed by atoms with E-state index < -0.39 is 0 Å². The molecule has 1 aliphatic heterocycles. The number of hydrogen-bond donors (Lipinski definition) is 2. The first-order valence-electron chi connectivity index (χ1n) is 9.06. The fraction of sp³-hybridized carbons (Fsp3) is 0.474. The van der Waals surface area contributed by atoms with Crippen LogP contribution in [0.5, 0.6) is 0 Å². The monoisotopic (exact) mass is 357 g/mol. The number of nitrogens with one attached hydrogen (secondary N) is 2. The molecule has 1 aromatic carbocycles. The Labute approximate surface area is 154 Å². The van der Waals surface area contributed by atoms with E-state index in [9.17, 15) is 4.79 Å². The van der Waals surface area contributed by atoms with Crippen LogP contribution in [0, 0.1) is 0 Å². The first-order valence-corrected chi connectivity index (χ1v) is 9.06. The lowest BCUT2D eigenvalue weighted by atomic mass is 10.2. The van der Waals surface area contributed by atoms with Gasteiger partial charge < -0.3 is 19.9 Å². The van der Waals surface area contributed by atoms with Gasteiger partial charge in [-0.15, -0.1) is 0 Å². The third-order valence-corrected chi connectivity index (χ3v) is 4.45. The Balaban J connectivity index is 1.46. The Bertz CT molecular complexity index is 662. The number of urea groups is 1. The van der Waals surface area contributed by atoms with Crippen LogP contribution in [0.15, 0.2) is 42.7 Å². The molecule has 0 spiro atoms. The normalized spacial score (nSPS) is 18.3. The summed E-state index contributed by atoms with van der Waals surface area (Å²) in [6.07, 6.45) is 4.45. The Hall–Kier alpha value is -2.38. The molecule has 26 heavy (non-hydrogen) atoms. The van der Waals surface area contributed by atoms with Crippen molar-refractivity contribution in [2.45, 2.75) is 25.6 Å². The van der Waals surface area contributed by atoms with Crippen molar-refractivity contribution in [1.29, 1.82) is 0 Å². The van der Waals surface area contributed by atoms with Gasteiger partial charge >= 0.3 is 6.03 Å². The molecule has 1 aliphatic rings. The second-order valence-corrected chi connectivity index (χ2v) is 6.65. The number of hydrogen-bond acceptors (Lipinski definition) is 4. The Morgan fingerprint density at radius 2 is 2.27 bits per heavy atom. The number of benzene rings is 1. The molecular formula is C19H27N5O2. The van der Waals surface area contributed by atoms with Gasteiger partial charge in [-0.25, -0.2) is 9.78 Å². The minimum atomic E-state index is -0.121. The number of rotatable bonds is 6. The van der Waals surface area contributed by atoms with Gasteiger partial charge in [0.2, 0.25) is 0 Å². The molecule has 1 aromatic heterocycles. The molecular weight excluding hydrogens is 330 g/mol. The lowest BCUT2D eigenvalue weighted by Gasteiger charge is -2.25. The van der Waals surface area contributed by atoms with E-state index in [1.165, 1.54) is 5.56 Å². The fourth-order valence-corrected chi connectivity index (χ4v) is 3.10. The molecule has 7 nitrogen and oxygen atoms in total. The van der Waals surface area contributed by atoms with Gasteiger partial charge in [0.25, 0.3) is 0 Å². The average Bonchev–Trinajstić information content (AvgIpc) is 3.06. The predicted molar refractivity (Wildman–Crippen MR) is 99.5 cm³/mol. The number of nitrogens with zero attached hydrogens (tertiary/aromatic N) is 3. The molecule has 3 rings (SSSR count). The van der Waals surface area contributed by atoms with Crippen LogP contribution in [0.2, 0.25) is 0 Å². The van der Waals surface area contributed by atoms with E-state index >= 15 is 0 Å². The molecule has 1 unspecified atom stereocenters. The van der Waals surface area contributed by atoms with Gasteiger partial charge in [-0.05, 0) is 12.0 Å². The number of carbonyl (C=O) groups excluding carboxylic acids is 1. The fourth-order valence-electron chi connectivity index (χ4n) is 3.10. The molecule has 1 atom stereocenters. The number of aromatic amines is 1. The van der Waals surface area contributed by atoms with E-state index in [1.807, 2.05) is 6.07 Å². The van der Waals surface area contributed by atoms with Crippen LogP contribution in [0.4, 0.5) is 4.79 Å². The van der Waals surface area contributed by atoms with Crippen LogP contribution in [0.3, 0.4) is 0 Å². The molecule has 7 heteroatoms. The second kappa shape index (κ2) is 9.35. The van der Waals surface area contributed by atoms with E-state index in [0.29, 0.717) is 13.1 Å². The van der Waals surface area contributed by atoms with Crippen molar-refractivity contribution in [2.24, 2.45) is 0 Å². The van der Waals surface area contributed by atoms with Crippen LogP contribution in [0.25, 0.3) is 0 Å². The molecule has 0 aliphatic carbocycles. The third-order valence-electron chi connectivity index (χ3n) is 4.45. The zero-order chi connectivity index (χ0) is 18.2. The Kier molecular flexibility index (Phi) is 6.62. The Morgan fingerprint density at radius 1 is 1.42 bits per heavy atom. The van der Waals surface area contributed by atoms with E-state index in [2.05, 4.69) is 44.5 Å². The SMILES string of the molecule is CN(Cc1ncc[nH]1)C(=O)NCC1CN(Cc2ccccc2)CCCO1. The van der Waals surface area contributed by atoms with E-state index in [-0.39, 0.29) is 12.1 Å². The van der Waals surface area contributed by atoms with Gasteiger partial charge in [-0.3, -0.25) is 4.90 Å². The summed E-state index contributed by atoms with van der Waals surface area (Å²) in [4.78, 5) is 23.4. The third kappa shape index (κ3) is 5.57. The summed E-state index contributed by atoms with van der Waals surface area (Å²) in [5, 5.41) is 2.97. The van der Waals surface area contributed by atoms with Gasteiger partial charge in [0.05, 0.1) is 12.6 Å². The van der Waals surface area contributed by atoms with Crippen molar-refractivity contribution in [3.05, 3.63) is 54.1 Å². The standard InChI is InChI=1S/C19H27N5O2/c1-23(15-18-20-8-9-21-18)19(25)22-12-17-14-24(10-5-11-26-17)13-16-6-3-2-4-7-16/h2-4,6-9,17H,5,10-15H2,1H3,(H,20,21)(H,22,25). The van der Waals surface area contributed by atoms with Crippen molar-refractivity contribution < 1.29 is 9.53 Å². The molecule has 2 heterocycles. The lowest BCUT2D eigenvalue weighted by molar-refractivity contribution is 0.0541. The maximum atomic E-state index is 12.3. The molecule has 2 N–H and O–H groups in total. The Morgan fingerprint density at radius 3 is 3.04 bits per heavy atom. The molecule has 0 bridgehead atoms. The molecule has 1 saturated heterocycles. The topological polar surface area (TPSA) is 73.5 Å². The van der Waals surface area contributed by atoms with Crippen molar-refractivity contribution in [1.82, 2.24) is 25.1 Å². The predicted octanol–water partition coefficient (Wildman–Crippen LogP) is 1.84. The van der Waals surface area contributed by atoms with Crippen molar-refractivity contribution in [2.75, 3.05) is 33.3 Å². The van der Waals surface area contributed by atoms with Gasteiger partial charge in [0.15, 0.2) is 0 Å². The van der Waals surface area contributed by atoms with E-state index in [0.717, 1.165) is 38.5 Å². The molecule has 2 amide bonds. The van der Waals surface area contributed by atoms with Crippen LogP contribution >= 0.6 is 0 Å². The summed E-state index contributed by atoms with van der Waals surface area (Å²) in [6, 6.07) is 10.3. The number of imidazole rings is 1. The molecule has 2 aromatic rings. The zero-order valence-corrected chi connectivity index (χ0v) is 15.2. The summed E-state index contributed by atoms with van der Waals surface area (Å²) in [5.41, 5.74) is 1.30. The first-order chi connectivity index (χ1) is 12.7. The van der Waals surface area contributed by atoms with Crippen LogP contribution in [0.1, 0.15) is 17.8 Å². The highest BCUT2D eigenvalue weighted by Gasteiger charge is 2.20. The smallest absolute Gasteiger partial charge is 0.317 e. The molecule has 140 valence electrons. The summed E-state index contributed by atoms with van der Waals surface area (Å²) in [6.45, 7) is 4.42. The highest BCUT2D eigenvalue weighted by molar-refractivity contribution is 5.73. The van der Waals surface area contributed by atoms with Gasteiger partial charge in [0.1, 0.15) is 5.82 Å². The summed E-state index contributed by atoms with van der Waals surface area (Å²) in [7, 11) is 1.76. The number of ether oxygens (including phenoxy) is 1.